The number of aliphatic hydroxyl groups is 1. The number of aliphatic hydroxyl groups excluding tert-OH is 1. The molecule has 6 heteroatoms. The fourth-order valence-corrected chi connectivity index (χ4v) is 7.07. The van der Waals surface area contributed by atoms with E-state index in [-0.39, 0.29) is 17.1 Å². The van der Waals surface area contributed by atoms with Crippen LogP contribution in [0, 0.1) is 5.41 Å². The lowest BCUT2D eigenvalue weighted by atomic mass is 9.95. The highest BCUT2D eigenvalue weighted by Crippen LogP contribution is 2.53. The van der Waals surface area contributed by atoms with Crippen LogP contribution in [0.15, 0.2) is 78.9 Å². The molecule has 1 aromatic heterocycles. The van der Waals surface area contributed by atoms with Crippen LogP contribution in [0.2, 0.25) is 5.02 Å². The predicted molar refractivity (Wildman–Crippen MR) is 171 cm³/mol. The number of nitrogens with zero attached hydrogens (tertiary/aromatic N) is 1. The van der Waals surface area contributed by atoms with Crippen molar-refractivity contribution in [2.24, 2.45) is 5.41 Å². The number of carbonyl (C=O) groups is 1. The maximum Gasteiger partial charge on any atom is 0.303 e. The van der Waals surface area contributed by atoms with Gasteiger partial charge in [0.15, 0.2) is 0 Å². The number of rotatable bonds is 13. The van der Waals surface area contributed by atoms with E-state index in [0.717, 1.165) is 59.2 Å². The Hall–Kier alpha value is -3.12. The average molecular weight is 586 g/mol. The highest BCUT2D eigenvalue weighted by Gasteiger charge is 2.44. The van der Waals surface area contributed by atoms with Crippen molar-refractivity contribution >= 4 is 52.4 Å². The molecule has 4 aromatic rings. The maximum atomic E-state index is 11.5. The molecule has 1 aliphatic carbocycles. The van der Waals surface area contributed by atoms with Crippen LogP contribution in [0.3, 0.4) is 0 Å². The molecule has 0 spiro atoms. The number of pyridine rings is 1. The molecule has 4 nitrogen and oxygen atoms in total. The Balaban J connectivity index is 1.36. The summed E-state index contributed by atoms with van der Waals surface area (Å²) in [5, 5.41) is 22.0. The van der Waals surface area contributed by atoms with Crippen LogP contribution >= 0.6 is 23.4 Å². The first-order valence-corrected chi connectivity index (χ1v) is 15.7. The maximum absolute atomic E-state index is 11.5. The minimum absolute atomic E-state index is 0.0762. The average Bonchev–Trinajstić information content (AvgIpc) is 3.74. The van der Waals surface area contributed by atoms with E-state index in [2.05, 4.69) is 42.5 Å². The van der Waals surface area contributed by atoms with Crippen LogP contribution in [-0.2, 0) is 11.2 Å². The smallest absolute Gasteiger partial charge is 0.303 e. The fraction of sp³-hybridized carbons (Fsp3) is 0.314. The lowest BCUT2D eigenvalue weighted by molar-refractivity contribution is -0.138. The quantitative estimate of drug-likeness (QED) is 0.164. The summed E-state index contributed by atoms with van der Waals surface area (Å²) in [6.07, 6.45) is 8.29. The zero-order valence-electron chi connectivity index (χ0n) is 23.3. The molecule has 3 aromatic carbocycles. The van der Waals surface area contributed by atoms with E-state index in [1.54, 1.807) is 0 Å². The molecule has 2 N–H and O–H groups in total. The van der Waals surface area contributed by atoms with Gasteiger partial charge in [-0.1, -0.05) is 85.3 Å². The van der Waals surface area contributed by atoms with Crippen molar-refractivity contribution in [1.82, 2.24) is 4.98 Å². The topological polar surface area (TPSA) is 70.4 Å². The molecule has 212 valence electrons. The fourth-order valence-electron chi connectivity index (χ4n) is 5.33. The normalized spacial score (nSPS) is 15.7. The Kier molecular flexibility index (Phi) is 9.49. The standard InChI is InChI=1S/C35H36ClNO3S/c1-2-32(38)30-9-4-3-7-25(30)13-17-33(41-23-35(18-19-35)22-34(39)40)27-8-5-6-24(20-27)10-15-29-16-12-26-11-14-28(36)21-31(26)37-29/h3-12,14-16,20-21,32-33,38H,2,13,17-19,22-23H2,1H3,(H,39,40)/b15-10+. The Morgan fingerprint density at radius 3 is 2.63 bits per heavy atom. The zero-order valence-corrected chi connectivity index (χ0v) is 24.9. The lowest BCUT2D eigenvalue weighted by Crippen LogP contribution is -2.12. The van der Waals surface area contributed by atoms with Gasteiger partial charge in [0.1, 0.15) is 0 Å². The van der Waals surface area contributed by atoms with Gasteiger partial charge in [0.25, 0.3) is 0 Å². The summed E-state index contributed by atoms with van der Waals surface area (Å²) in [4.78, 5) is 16.2. The molecular weight excluding hydrogens is 550 g/mol. The highest BCUT2D eigenvalue weighted by atomic mass is 35.5. The summed E-state index contributed by atoms with van der Waals surface area (Å²) in [5.41, 5.74) is 6.17. The summed E-state index contributed by atoms with van der Waals surface area (Å²) in [6.45, 7) is 2.00. The molecule has 2 atom stereocenters. The Bertz CT molecular complexity index is 1550. The van der Waals surface area contributed by atoms with E-state index in [9.17, 15) is 15.0 Å². The number of benzene rings is 3. The number of carboxylic acid groups (broad SMARTS) is 1. The van der Waals surface area contributed by atoms with Crippen molar-refractivity contribution in [1.29, 1.82) is 0 Å². The second-order valence-corrected chi connectivity index (χ2v) is 12.7. The number of halogens is 1. The van der Waals surface area contributed by atoms with Gasteiger partial charge in [0, 0.05) is 21.4 Å². The Labute approximate surface area is 251 Å². The van der Waals surface area contributed by atoms with Gasteiger partial charge in [-0.05, 0) is 84.0 Å². The second-order valence-electron chi connectivity index (χ2n) is 11.1. The van der Waals surface area contributed by atoms with Gasteiger partial charge in [-0.2, -0.15) is 11.8 Å². The first-order chi connectivity index (χ1) is 19.8. The van der Waals surface area contributed by atoms with Gasteiger partial charge in [0.2, 0.25) is 0 Å². The second kappa shape index (κ2) is 13.2. The first kappa shape index (κ1) is 29.4. The molecule has 0 aliphatic heterocycles. The van der Waals surface area contributed by atoms with Gasteiger partial charge in [-0.3, -0.25) is 4.79 Å². The van der Waals surface area contributed by atoms with Gasteiger partial charge < -0.3 is 10.2 Å². The first-order valence-electron chi connectivity index (χ1n) is 14.3. The summed E-state index contributed by atoms with van der Waals surface area (Å²) in [5.74, 6) is 0.131. The number of aromatic nitrogens is 1. The van der Waals surface area contributed by atoms with Crippen LogP contribution in [0.25, 0.3) is 23.1 Å². The molecule has 1 saturated carbocycles. The summed E-state index contributed by atoms with van der Waals surface area (Å²) in [6, 6.07) is 26.6. The van der Waals surface area contributed by atoms with Crippen LogP contribution in [0.4, 0.5) is 0 Å². The number of thioether (sulfide) groups is 1. The van der Waals surface area contributed by atoms with Gasteiger partial charge in [-0.25, -0.2) is 4.98 Å². The molecule has 0 saturated heterocycles. The molecular formula is C35H36ClNO3S. The van der Waals surface area contributed by atoms with Gasteiger partial charge in [0.05, 0.1) is 23.7 Å². The van der Waals surface area contributed by atoms with Gasteiger partial charge >= 0.3 is 5.97 Å². The Morgan fingerprint density at radius 1 is 1.05 bits per heavy atom. The SMILES string of the molecule is CCC(O)c1ccccc1CCC(SCC1(CC(=O)O)CC1)c1cccc(/C=C/c2ccc3ccc(Cl)cc3n2)c1. The van der Waals surface area contributed by atoms with Crippen molar-refractivity contribution in [3.8, 4) is 0 Å². The number of aliphatic carboxylic acids is 1. The van der Waals surface area contributed by atoms with E-state index in [0.29, 0.717) is 11.4 Å². The highest BCUT2D eigenvalue weighted by molar-refractivity contribution is 7.99. The summed E-state index contributed by atoms with van der Waals surface area (Å²) >= 11 is 8.04. The van der Waals surface area contributed by atoms with E-state index in [1.165, 1.54) is 11.1 Å². The van der Waals surface area contributed by atoms with Crippen LogP contribution in [-0.4, -0.2) is 26.9 Å². The van der Waals surface area contributed by atoms with Crippen LogP contribution < -0.4 is 0 Å². The van der Waals surface area contributed by atoms with Crippen molar-refractivity contribution in [3.63, 3.8) is 0 Å². The van der Waals surface area contributed by atoms with Crippen molar-refractivity contribution < 1.29 is 15.0 Å². The molecule has 0 radical (unpaired) electrons. The predicted octanol–water partition coefficient (Wildman–Crippen LogP) is 9.16. The van der Waals surface area contributed by atoms with Crippen LogP contribution in [0.5, 0.6) is 0 Å². The van der Waals surface area contributed by atoms with Gasteiger partial charge in [-0.15, -0.1) is 0 Å². The van der Waals surface area contributed by atoms with Crippen molar-refractivity contribution in [2.45, 2.75) is 56.8 Å². The summed E-state index contributed by atoms with van der Waals surface area (Å²) < 4.78 is 0. The molecule has 1 fully saturated rings. The van der Waals surface area contributed by atoms with E-state index < -0.39 is 12.1 Å². The molecule has 5 rings (SSSR count). The molecule has 0 amide bonds. The van der Waals surface area contributed by atoms with Crippen LogP contribution in [0.1, 0.15) is 78.3 Å². The van der Waals surface area contributed by atoms with E-state index >= 15 is 0 Å². The number of carboxylic acids is 1. The zero-order chi connectivity index (χ0) is 28.8. The largest absolute Gasteiger partial charge is 0.481 e. The summed E-state index contributed by atoms with van der Waals surface area (Å²) in [7, 11) is 0. The van der Waals surface area contributed by atoms with E-state index in [1.807, 2.05) is 67.2 Å². The number of hydrogen-bond acceptors (Lipinski definition) is 4. The number of hydrogen-bond donors (Lipinski definition) is 2. The van der Waals surface area contributed by atoms with Crippen molar-refractivity contribution in [2.75, 3.05) is 5.75 Å². The third-order valence-electron chi connectivity index (χ3n) is 7.96. The molecule has 0 bridgehead atoms. The third-order valence-corrected chi connectivity index (χ3v) is 9.88. The number of fused-ring (bicyclic) bond motifs is 1. The molecule has 1 heterocycles. The van der Waals surface area contributed by atoms with Crippen molar-refractivity contribution in [3.05, 3.63) is 112 Å². The number of aryl methyl sites for hydroxylation is 1. The monoisotopic (exact) mass is 585 g/mol. The molecule has 41 heavy (non-hydrogen) atoms. The molecule has 2 unspecified atom stereocenters. The van der Waals surface area contributed by atoms with E-state index in [4.69, 9.17) is 16.6 Å². The Morgan fingerprint density at radius 2 is 1.85 bits per heavy atom. The third kappa shape index (κ3) is 7.79. The lowest BCUT2D eigenvalue weighted by Gasteiger charge is -2.22. The minimum Gasteiger partial charge on any atom is -0.481 e. The molecule has 1 aliphatic rings. The minimum atomic E-state index is -0.709.